The third kappa shape index (κ3) is 4.94. The Labute approximate surface area is 86.8 Å². The highest BCUT2D eigenvalue weighted by Gasteiger charge is 2.10. The first-order valence-corrected chi connectivity index (χ1v) is 5.74. The topological polar surface area (TPSA) is 41.5 Å². The largest absolute Gasteiger partial charge is 0.392 e. The van der Waals surface area contributed by atoms with E-state index < -0.39 is 0 Å². The molecule has 0 aromatic carbocycles. The lowest BCUT2D eigenvalue weighted by Crippen LogP contribution is -2.29. The van der Waals surface area contributed by atoms with Gasteiger partial charge in [-0.25, -0.2) is 0 Å². The average molecular weight is 201 g/mol. The summed E-state index contributed by atoms with van der Waals surface area (Å²) < 4.78 is 5.39. The Morgan fingerprint density at radius 1 is 1.14 bits per heavy atom. The van der Waals surface area contributed by atoms with Crippen molar-refractivity contribution in [1.29, 1.82) is 0 Å². The number of hydrogen-bond donors (Lipinski definition) is 2. The molecular weight excluding hydrogens is 178 g/mol. The van der Waals surface area contributed by atoms with Crippen molar-refractivity contribution in [2.24, 2.45) is 0 Å². The highest BCUT2D eigenvalue weighted by molar-refractivity contribution is 4.66. The minimum atomic E-state index is -0.158. The molecule has 1 unspecified atom stereocenters. The van der Waals surface area contributed by atoms with Crippen molar-refractivity contribution in [2.45, 2.75) is 50.7 Å². The van der Waals surface area contributed by atoms with Gasteiger partial charge in [-0.1, -0.05) is 19.3 Å². The second-order valence-electron chi connectivity index (χ2n) is 4.14. The summed E-state index contributed by atoms with van der Waals surface area (Å²) >= 11 is 0. The minimum Gasteiger partial charge on any atom is -0.392 e. The van der Waals surface area contributed by atoms with Crippen molar-refractivity contribution in [2.75, 3.05) is 20.2 Å². The molecule has 0 saturated carbocycles. The zero-order valence-corrected chi connectivity index (χ0v) is 9.17. The molecule has 0 amide bonds. The van der Waals surface area contributed by atoms with Crippen LogP contribution in [0.4, 0.5) is 0 Å². The molecule has 0 aromatic heterocycles. The lowest BCUT2D eigenvalue weighted by Gasteiger charge is -2.14. The van der Waals surface area contributed by atoms with E-state index in [1.807, 2.05) is 0 Å². The summed E-state index contributed by atoms with van der Waals surface area (Å²) in [5.41, 5.74) is 0. The van der Waals surface area contributed by atoms with E-state index in [0.29, 0.717) is 6.10 Å². The van der Waals surface area contributed by atoms with Crippen molar-refractivity contribution >= 4 is 0 Å². The van der Waals surface area contributed by atoms with Gasteiger partial charge in [0.15, 0.2) is 0 Å². The molecule has 2 N–H and O–H groups in total. The molecule has 0 bridgehead atoms. The third-order valence-corrected chi connectivity index (χ3v) is 2.92. The van der Waals surface area contributed by atoms with E-state index in [0.717, 1.165) is 38.8 Å². The highest BCUT2D eigenvalue weighted by atomic mass is 16.5. The van der Waals surface area contributed by atoms with Gasteiger partial charge < -0.3 is 15.2 Å². The van der Waals surface area contributed by atoms with Crippen LogP contribution in [0.3, 0.4) is 0 Å². The fraction of sp³-hybridized carbons (Fsp3) is 1.00. The quantitative estimate of drug-likeness (QED) is 0.672. The number of aliphatic hydroxyl groups is 1. The number of ether oxygens (including phenoxy) is 1. The molecule has 1 fully saturated rings. The second kappa shape index (κ2) is 7.21. The third-order valence-electron chi connectivity index (χ3n) is 2.92. The standard InChI is InChI=1S/C11H23NO2/c1-14-11-6-4-2-3-5-10(13)9-12-8-7-11/h10-13H,2-9H2,1H3/t10?,11-/m0/s1. The smallest absolute Gasteiger partial charge is 0.0664 e. The minimum absolute atomic E-state index is 0.158. The Morgan fingerprint density at radius 2 is 1.93 bits per heavy atom. The maximum Gasteiger partial charge on any atom is 0.0664 e. The fourth-order valence-corrected chi connectivity index (χ4v) is 1.94. The van der Waals surface area contributed by atoms with Crippen LogP contribution in [0.1, 0.15) is 38.5 Å². The van der Waals surface area contributed by atoms with Gasteiger partial charge in [0, 0.05) is 13.7 Å². The molecule has 0 spiro atoms. The van der Waals surface area contributed by atoms with Crippen molar-refractivity contribution in [1.82, 2.24) is 5.32 Å². The summed E-state index contributed by atoms with van der Waals surface area (Å²) in [7, 11) is 1.79. The average Bonchev–Trinajstić information content (AvgIpc) is 2.23. The van der Waals surface area contributed by atoms with E-state index >= 15 is 0 Å². The molecule has 1 aliphatic heterocycles. The molecule has 1 heterocycles. The van der Waals surface area contributed by atoms with E-state index in [4.69, 9.17) is 4.74 Å². The number of methoxy groups -OCH3 is 1. The fourth-order valence-electron chi connectivity index (χ4n) is 1.94. The van der Waals surface area contributed by atoms with Crippen LogP contribution in [0.5, 0.6) is 0 Å². The van der Waals surface area contributed by atoms with Crippen molar-refractivity contribution in [3.8, 4) is 0 Å². The molecule has 3 heteroatoms. The first kappa shape index (κ1) is 12.0. The van der Waals surface area contributed by atoms with Crippen LogP contribution in [0.25, 0.3) is 0 Å². The summed E-state index contributed by atoms with van der Waals surface area (Å²) in [6.07, 6.45) is 6.98. The van der Waals surface area contributed by atoms with Crippen LogP contribution < -0.4 is 5.32 Å². The van der Waals surface area contributed by atoms with Crippen LogP contribution in [-0.4, -0.2) is 37.5 Å². The lowest BCUT2D eigenvalue weighted by molar-refractivity contribution is 0.0857. The predicted octanol–water partition coefficient (Wildman–Crippen LogP) is 1.31. The number of β-amino-alcohol motifs (C(OH)–C–C–N with tert-alkyl or cyclic N) is 1. The van der Waals surface area contributed by atoms with Crippen molar-refractivity contribution in [3.63, 3.8) is 0 Å². The van der Waals surface area contributed by atoms with Gasteiger partial charge in [0.1, 0.15) is 0 Å². The van der Waals surface area contributed by atoms with Gasteiger partial charge in [-0.15, -0.1) is 0 Å². The number of hydrogen-bond acceptors (Lipinski definition) is 3. The van der Waals surface area contributed by atoms with Crippen LogP contribution in [-0.2, 0) is 4.74 Å². The molecule has 3 nitrogen and oxygen atoms in total. The zero-order chi connectivity index (χ0) is 10.2. The SMILES string of the molecule is CO[C@H]1CCCCCC(O)CNCC1. The van der Waals surface area contributed by atoms with Gasteiger partial charge in [-0.05, 0) is 25.8 Å². The predicted molar refractivity (Wildman–Crippen MR) is 57.4 cm³/mol. The Morgan fingerprint density at radius 3 is 2.71 bits per heavy atom. The van der Waals surface area contributed by atoms with Crippen molar-refractivity contribution < 1.29 is 9.84 Å². The van der Waals surface area contributed by atoms with Crippen LogP contribution >= 0.6 is 0 Å². The van der Waals surface area contributed by atoms with E-state index in [-0.39, 0.29) is 6.10 Å². The molecule has 1 saturated heterocycles. The summed E-state index contributed by atoms with van der Waals surface area (Å²) in [4.78, 5) is 0. The molecular formula is C11H23NO2. The second-order valence-corrected chi connectivity index (χ2v) is 4.14. The highest BCUT2D eigenvalue weighted by Crippen LogP contribution is 2.12. The van der Waals surface area contributed by atoms with Crippen LogP contribution in [0, 0.1) is 0 Å². The molecule has 2 atom stereocenters. The molecule has 0 aliphatic carbocycles. The van der Waals surface area contributed by atoms with Crippen LogP contribution in [0.15, 0.2) is 0 Å². The first-order chi connectivity index (χ1) is 6.83. The van der Waals surface area contributed by atoms with E-state index in [1.165, 1.54) is 12.8 Å². The maximum absolute atomic E-state index is 9.55. The number of rotatable bonds is 1. The zero-order valence-electron chi connectivity index (χ0n) is 9.17. The summed E-state index contributed by atoms with van der Waals surface area (Å²) in [5.74, 6) is 0. The molecule has 1 rings (SSSR count). The van der Waals surface area contributed by atoms with E-state index in [2.05, 4.69) is 5.32 Å². The van der Waals surface area contributed by atoms with Gasteiger partial charge in [-0.2, -0.15) is 0 Å². The van der Waals surface area contributed by atoms with Gasteiger partial charge in [0.2, 0.25) is 0 Å². The number of nitrogens with one attached hydrogen (secondary N) is 1. The van der Waals surface area contributed by atoms with E-state index in [9.17, 15) is 5.11 Å². The summed E-state index contributed by atoms with van der Waals surface area (Å²) in [6.45, 7) is 1.69. The van der Waals surface area contributed by atoms with Crippen molar-refractivity contribution in [3.05, 3.63) is 0 Å². The molecule has 1 aliphatic rings. The Bertz CT molecular complexity index is 141. The molecule has 84 valence electrons. The first-order valence-electron chi connectivity index (χ1n) is 5.74. The van der Waals surface area contributed by atoms with Gasteiger partial charge >= 0.3 is 0 Å². The lowest BCUT2D eigenvalue weighted by atomic mass is 10.1. The maximum atomic E-state index is 9.55. The Hall–Kier alpha value is -0.120. The monoisotopic (exact) mass is 201 g/mol. The van der Waals surface area contributed by atoms with E-state index in [1.54, 1.807) is 7.11 Å². The number of aliphatic hydroxyl groups excluding tert-OH is 1. The Balaban J connectivity index is 2.26. The van der Waals surface area contributed by atoms with Crippen LogP contribution in [0.2, 0.25) is 0 Å². The molecule has 14 heavy (non-hydrogen) atoms. The van der Waals surface area contributed by atoms with Gasteiger partial charge in [0.25, 0.3) is 0 Å². The van der Waals surface area contributed by atoms with Gasteiger partial charge in [0.05, 0.1) is 12.2 Å². The summed E-state index contributed by atoms with van der Waals surface area (Å²) in [5, 5.41) is 12.8. The Kier molecular flexibility index (Phi) is 6.15. The molecule has 0 radical (unpaired) electrons. The normalized spacial score (nSPS) is 32.1. The summed E-state index contributed by atoms with van der Waals surface area (Å²) in [6, 6.07) is 0. The van der Waals surface area contributed by atoms with Gasteiger partial charge in [-0.3, -0.25) is 0 Å². The molecule has 0 aromatic rings.